The Labute approximate surface area is 687 Å². The number of aliphatic hydroxyl groups excluding tert-OH is 2. The number of ether oxygens (including phenoxy) is 3. The molecule has 0 aliphatic rings. The molecule has 0 aromatic rings. The van der Waals surface area contributed by atoms with Gasteiger partial charge in [0, 0.05) is 19.3 Å². The van der Waals surface area contributed by atoms with Gasteiger partial charge >= 0.3 is 33.6 Å². The maximum atomic E-state index is 13.0. The van der Waals surface area contributed by atoms with Crippen LogP contribution in [0.4, 0.5) is 0 Å². The van der Waals surface area contributed by atoms with Crippen LogP contribution in [0.5, 0.6) is 0 Å². The van der Waals surface area contributed by atoms with E-state index in [0.29, 0.717) is 25.7 Å². The summed E-state index contributed by atoms with van der Waals surface area (Å²) in [7, 11) is -9.84. The minimum absolute atomic E-state index is 0.0280. The van der Waals surface area contributed by atoms with Crippen molar-refractivity contribution in [2.75, 3.05) is 39.6 Å². The highest BCUT2D eigenvalue weighted by molar-refractivity contribution is 7.47. The average Bonchev–Trinajstić information content (AvgIpc) is 0.902. The number of rotatable bonds is 82. The van der Waals surface area contributed by atoms with Gasteiger partial charge in [0.05, 0.1) is 26.4 Å². The first-order chi connectivity index (χ1) is 55.2. The summed E-state index contributed by atoms with van der Waals surface area (Å²) in [5.41, 5.74) is 0. The Morgan fingerprint density at radius 1 is 0.257 bits per heavy atom. The predicted octanol–water partition coefficient (Wildman–Crippen LogP) is 26.9. The van der Waals surface area contributed by atoms with Gasteiger partial charge in [-0.1, -0.05) is 357 Å². The molecule has 0 amide bonds. The van der Waals surface area contributed by atoms with E-state index in [2.05, 4.69) is 185 Å². The SMILES string of the molecule is CC/C=C\C/C=C\C/C=C\C/C=C\C/C=C\C/C=C\CCC(=O)OC(COC(=O)CCCCCCCCCCC/C=C\C/C=C\C/C=C\C/C=C\C/C=C\CC)COP(=O)(O)OCC(O)COP(=O)(O)OCC(O)COC(=O)CCCCCCCCCCCCCCCCCCC/C=C\C/C=C\C/C=C\C/C=C\CCCCC. The van der Waals surface area contributed by atoms with E-state index in [1.807, 2.05) is 18.2 Å². The summed E-state index contributed by atoms with van der Waals surface area (Å²) in [6, 6.07) is 0. The molecule has 0 saturated heterocycles. The molecule has 0 rings (SSSR count). The minimum atomic E-state index is -4.96. The third-order valence-electron chi connectivity index (χ3n) is 18.1. The maximum absolute atomic E-state index is 13.0. The molecule has 0 bridgehead atoms. The molecule has 0 aliphatic heterocycles. The molecule has 0 radical (unpaired) electrons. The molecule has 16 nitrogen and oxygen atoms in total. The smallest absolute Gasteiger partial charge is 0.463 e. The van der Waals surface area contributed by atoms with Crippen molar-refractivity contribution in [2.45, 2.75) is 360 Å². The van der Waals surface area contributed by atoms with Crippen molar-refractivity contribution < 1.29 is 75.8 Å². The third-order valence-corrected chi connectivity index (χ3v) is 20.0. The number of allylic oxidation sites excluding steroid dienone is 30. The second-order valence-corrected chi connectivity index (χ2v) is 31.8. The van der Waals surface area contributed by atoms with Crippen LogP contribution in [0.3, 0.4) is 0 Å². The molecule has 0 aromatic heterocycles. The Balaban J connectivity index is 4.58. The van der Waals surface area contributed by atoms with Crippen molar-refractivity contribution >= 4 is 33.6 Å². The van der Waals surface area contributed by atoms with Gasteiger partial charge in [0.25, 0.3) is 0 Å². The molecule has 0 fully saturated rings. The zero-order valence-electron chi connectivity index (χ0n) is 70.7. The van der Waals surface area contributed by atoms with Gasteiger partial charge in [0.2, 0.25) is 0 Å². The Kier molecular flexibility index (Phi) is 81.9. The first-order valence-corrected chi connectivity index (χ1v) is 47.1. The van der Waals surface area contributed by atoms with Gasteiger partial charge in [-0.05, 0) is 148 Å². The van der Waals surface area contributed by atoms with Crippen LogP contribution in [0.15, 0.2) is 182 Å². The number of unbranched alkanes of at least 4 members (excludes halogenated alkanes) is 29. The maximum Gasteiger partial charge on any atom is 0.472 e. The molecule has 0 spiro atoms. The monoisotopic (exact) mass is 1620 g/mol. The lowest BCUT2D eigenvalue weighted by atomic mass is 10.0. The van der Waals surface area contributed by atoms with Crippen LogP contribution >= 0.6 is 15.6 Å². The Morgan fingerprint density at radius 3 is 0.779 bits per heavy atom. The highest BCUT2D eigenvalue weighted by atomic mass is 31.2. The van der Waals surface area contributed by atoms with E-state index in [4.69, 9.17) is 32.3 Å². The van der Waals surface area contributed by atoms with Crippen molar-refractivity contribution in [1.29, 1.82) is 0 Å². The van der Waals surface area contributed by atoms with Crippen LogP contribution in [0.2, 0.25) is 0 Å². The van der Waals surface area contributed by atoms with Crippen molar-refractivity contribution in [3.05, 3.63) is 182 Å². The lowest BCUT2D eigenvalue weighted by molar-refractivity contribution is -0.161. The van der Waals surface area contributed by atoms with Gasteiger partial charge in [-0.25, -0.2) is 9.13 Å². The second kappa shape index (κ2) is 86.0. The Hall–Kier alpha value is -5.35. The number of hydrogen-bond acceptors (Lipinski definition) is 14. The molecule has 113 heavy (non-hydrogen) atoms. The number of carbonyl (C=O) groups excluding carboxylic acids is 3. The van der Waals surface area contributed by atoms with E-state index in [-0.39, 0.29) is 19.3 Å². The topological polar surface area (TPSA) is 231 Å². The molecule has 644 valence electrons. The Morgan fingerprint density at radius 2 is 0.487 bits per heavy atom. The molecule has 18 heteroatoms. The number of aliphatic hydroxyl groups is 2. The summed E-state index contributed by atoms with van der Waals surface area (Å²) in [4.78, 5) is 58.8. The predicted molar refractivity (Wildman–Crippen MR) is 472 cm³/mol. The van der Waals surface area contributed by atoms with E-state index in [1.54, 1.807) is 0 Å². The number of esters is 3. The summed E-state index contributed by atoms with van der Waals surface area (Å²) >= 11 is 0. The number of phosphoric ester groups is 2. The van der Waals surface area contributed by atoms with Gasteiger partial charge in [0.1, 0.15) is 25.4 Å². The quantitative estimate of drug-likeness (QED) is 0.0146. The molecular formula is C95H158O16P2. The van der Waals surface area contributed by atoms with E-state index in [1.165, 1.54) is 141 Å². The van der Waals surface area contributed by atoms with Crippen LogP contribution in [0.1, 0.15) is 342 Å². The summed E-state index contributed by atoms with van der Waals surface area (Å²) in [6.07, 6.45) is 113. The van der Waals surface area contributed by atoms with Gasteiger partial charge in [-0.3, -0.25) is 32.5 Å². The van der Waals surface area contributed by atoms with Crippen molar-refractivity contribution in [2.24, 2.45) is 0 Å². The molecule has 0 saturated carbocycles. The molecule has 0 aliphatic carbocycles. The minimum Gasteiger partial charge on any atom is -0.463 e. The van der Waals surface area contributed by atoms with Crippen molar-refractivity contribution in [1.82, 2.24) is 0 Å². The van der Waals surface area contributed by atoms with Crippen LogP contribution in [-0.4, -0.2) is 95.9 Å². The first kappa shape index (κ1) is 108. The van der Waals surface area contributed by atoms with Gasteiger partial charge in [-0.15, -0.1) is 0 Å². The molecule has 5 unspecified atom stereocenters. The lowest BCUT2D eigenvalue weighted by Gasteiger charge is -2.21. The van der Waals surface area contributed by atoms with Crippen LogP contribution < -0.4 is 0 Å². The zero-order chi connectivity index (χ0) is 82.2. The lowest BCUT2D eigenvalue weighted by Crippen LogP contribution is -2.29. The fourth-order valence-corrected chi connectivity index (χ4v) is 13.1. The van der Waals surface area contributed by atoms with Gasteiger partial charge < -0.3 is 34.2 Å². The molecule has 0 heterocycles. The highest BCUT2D eigenvalue weighted by Crippen LogP contribution is 2.45. The average molecular weight is 1620 g/mol. The molecular weight excluding hydrogens is 1460 g/mol. The van der Waals surface area contributed by atoms with E-state index < -0.39 is 91.5 Å². The zero-order valence-corrected chi connectivity index (χ0v) is 72.5. The number of phosphoric acid groups is 2. The van der Waals surface area contributed by atoms with Crippen LogP contribution in [-0.2, 0) is 55.8 Å². The van der Waals surface area contributed by atoms with Gasteiger partial charge in [-0.2, -0.15) is 0 Å². The number of carbonyl (C=O) groups is 3. The second-order valence-electron chi connectivity index (χ2n) is 28.9. The normalized spacial score (nSPS) is 14.7. The third kappa shape index (κ3) is 87.3. The molecule has 0 aromatic carbocycles. The first-order valence-electron chi connectivity index (χ1n) is 44.1. The van der Waals surface area contributed by atoms with Gasteiger partial charge in [0.15, 0.2) is 6.10 Å². The fourth-order valence-electron chi connectivity index (χ4n) is 11.5. The summed E-state index contributed by atoms with van der Waals surface area (Å²) in [5.74, 6) is -1.68. The number of hydrogen-bond donors (Lipinski definition) is 4. The Bertz CT molecular complexity index is 2780. The summed E-state index contributed by atoms with van der Waals surface area (Å²) < 4.78 is 61.2. The van der Waals surface area contributed by atoms with E-state index >= 15 is 0 Å². The summed E-state index contributed by atoms with van der Waals surface area (Å²) in [6.45, 7) is 2.34. The van der Waals surface area contributed by atoms with Crippen molar-refractivity contribution in [3.63, 3.8) is 0 Å². The summed E-state index contributed by atoms with van der Waals surface area (Å²) in [5, 5.41) is 20.7. The van der Waals surface area contributed by atoms with Crippen molar-refractivity contribution in [3.8, 4) is 0 Å². The fraction of sp³-hybridized carbons (Fsp3) is 0.653. The van der Waals surface area contributed by atoms with E-state index in [9.17, 15) is 43.5 Å². The molecule has 5 atom stereocenters. The standard InChI is InChI=1S/C95H158O16P2/c1-4-7-10-13-16-19-22-25-28-31-34-36-38-40-41-42-43-44-45-46-47-49-51-52-55-57-60-63-66-69-72-75-78-81-93(98)105-84-90(96)85-107-112(101,102)108-86-91(97)87-109-113(103,104)110-89-92(111-95(100)83-80-77-74-71-68-65-62-59-54-33-30-27-24-21-18-15-12-9-6-3)88-106-94(99)82-79-76-73-70-67-64-61-58-56-53-50-48-39-37-35-32-29-26-23-20-17-14-11-8-5-2/h8-9,11-12,16-21,25-30,34-37,40-41,48,50,54,59,65,68,74,77,90-92,96-97H,4-7,10,13-15,22-24,31-33,38-39,42-47,49,51-53,55-58,60-64,66-67,69-73,75-76,78-89H2,1-3H3,(H,101,102)(H,103,104)/b11-8-,12-9-,19-16-,20-17-,21-18-,28-25-,29-26-,30-27-,36-34-,37-35-,41-40-,50-48-,59-54-,68-65-,77-74-. The largest absolute Gasteiger partial charge is 0.472 e. The van der Waals surface area contributed by atoms with Crippen LogP contribution in [0.25, 0.3) is 0 Å². The molecule has 4 N–H and O–H groups in total. The van der Waals surface area contributed by atoms with Crippen LogP contribution in [0, 0.1) is 0 Å². The highest BCUT2D eigenvalue weighted by Gasteiger charge is 2.29. The van der Waals surface area contributed by atoms with E-state index in [0.717, 1.165) is 135 Å².